The monoisotopic (exact) mass is 424 g/mol. The Labute approximate surface area is 176 Å². The molecule has 4 rings (SSSR count). The first-order valence-corrected chi connectivity index (χ1v) is 9.67. The van der Waals surface area contributed by atoms with Crippen LogP contribution in [0, 0.1) is 12.7 Å². The van der Waals surface area contributed by atoms with E-state index in [0.29, 0.717) is 10.6 Å². The number of halogens is 2. The minimum Gasteiger partial charge on any atom is -0.480 e. The van der Waals surface area contributed by atoms with E-state index in [1.807, 2.05) is 6.92 Å². The van der Waals surface area contributed by atoms with E-state index < -0.39 is 5.97 Å². The molecule has 2 heterocycles. The molecule has 0 unspecified atom stereocenters. The summed E-state index contributed by atoms with van der Waals surface area (Å²) in [7, 11) is 0. The molecule has 0 aliphatic rings. The van der Waals surface area contributed by atoms with Gasteiger partial charge in [-0.15, -0.1) is 0 Å². The van der Waals surface area contributed by atoms with Gasteiger partial charge in [0.1, 0.15) is 12.4 Å². The Balaban J connectivity index is 1.88. The topological polar surface area (TPSA) is 64.2 Å². The van der Waals surface area contributed by atoms with Gasteiger partial charge in [-0.05, 0) is 48.9 Å². The van der Waals surface area contributed by atoms with Crippen molar-refractivity contribution in [2.24, 2.45) is 0 Å². The van der Waals surface area contributed by atoms with Gasteiger partial charge in [0.25, 0.3) is 5.56 Å². The quantitative estimate of drug-likeness (QED) is 0.505. The minimum absolute atomic E-state index is 0.188. The maximum Gasteiger partial charge on any atom is 0.323 e. The molecule has 0 amide bonds. The number of hydrogen-bond acceptors (Lipinski definition) is 2. The van der Waals surface area contributed by atoms with Gasteiger partial charge in [-0.25, -0.2) is 4.39 Å². The highest BCUT2D eigenvalue weighted by molar-refractivity contribution is 6.31. The van der Waals surface area contributed by atoms with E-state index in [-0.39, 0.29) is 24.5 Å². The van der Waals surface area contributed by atoms with Crippen LogP contribution in [0.2, 0.25) is 5.02 Å². The molecule has 2 aromatic carbocycles. The molecule has 5 nitrogen and oxygen atoms in total. The van der Waals surface area contributed by atoms with E-state index >= 15 is 0 Å². The van der Waals surface area contributed by atoms with Gasteiger partial charge in [0.15, 0.2) is 0 Å². The summed E-state index contributed by atoms with van der Waals surface area (Å²) in [6.07, 6.45) is 1.71. The molecule has 4 aromatic rings. The molecular formula is C23H18ClFN2O3. The SMILES string of the molecule is Cc1c(-c2ccc(=O)n(Cc3cccc(F)c3)c2)c2cc(Cl)ccc2n1CC(=O)O. The normalized spacial score (nSPS) is 11.2. The van der Waals surface area contributed by atoms with Crippen LogP contribution in [-0.2, 0) is 17.9 Å². The van der Waals surface area contributed by atoms with Gasteiger partial charge in [-0.2, -0.15) is 0 Å². The summed E-state index contributed by atoms with van der Waals surface area (Å²) in [5.74, 6) is -1.31. The maximum absolute atomic E-state index is 13.5. The van der Waals surface area contributed by atoms with Crippen molar-refractivity contribution in [2.75, 3.05) is 0 Å². The van der Waals surface area contributed by atoms with Crippen molar-refractivity contribution in [1.29, 1.82) is 0 Å². The van der Waals surface area contributed by atoms with Crippen molar-refractivity contribution in [3.8, 4) is 11.1 Å². The molecule has 30 heavy (non-hydrogen) atoms. The lowest BCUT2D eigenvalue weighted by Crippen LogP contribution is -2.19. The fourth-order valence-electron chi connectivity index (χ4n) is 3.79. The predicted octanol–water partition coefficient (Wildman–Crippen LogP) is 4.70. The fourth-order valence-corrected chi connectivity index (χ4v) is 3.96. The first kappa shape index (κ1) is 19.9. The van der Waals surface area contributed by atoms with Crippen LogP contribution >= 0.6 is 11.6 Å². The summed E-state index contributed by atoms with van der Waals surface area (Å²) in [4.78, 5) is 23.8. The van der Waals surface area contributed by atoms with Crippen LogP contribution in [-0.4, -0.2) is 20.2 Å². The maximum atomic E-state index is 13.5. The molecule has 0 bridgehead atoms. The predicted molar refractivity (Wildman–Crippen MR) is 115 cm³/mol. The average Bonchev–Trinajstić information content (AvgIpc) is 2.94. The number of aromatic nitrogens is 2. The Morgan fingerprint density at radius 1 is 1.13 bits per heavy atom. The summed E-state index contributed by atoms with van der Waals surface area (Å²) in [6, 6.07) is 14.6. The van der Waals surface area contributed by atoms with E-state index in [0.717, 1.165) is 27.7 Å². The van der Waals surface area contributed by atoms with Crippen LogP contribution in [0.25, 0.3) is 22.0 Å². The third-order valence-electron chi connectivity index (χ3n) is 5.09. The fraction of sp³-hybridized carbons (Fsp3) is 0.130. The smallest absolute Gasteiger partial charge is 0.323 e. The zero-order valence-electron chi connectivity index (χ0n) is 16.1. The van der Waals surface area contributed by atoms with Crippen LogP contribution in [0.4, 0.5) is 4.39 Å². The van der Waals surface area contributed by atoms with E-state index in [9.17, 15) is 19.1 Å². The van der Waals surface area contributed by atoms with Gasteiger partial charge in [-0.1, -0.05) is 23.7 Å². The Kier molecular flexibility index (Phi) is 5.18. The van der Waals surface area contributed by atoms with Gasteiger partial charge in [0.2, 0.25) is 0 Å². The summed E-state index contributed by atoms with van der Waals surface area (Å²) in [6.45, 7) is 1.87. The first-order chi connectivity index (χ1) is 14.3. The molecule has 0 radical (unpaired) electrons. The van der Waals surface area contributed by atoms with Crippen LogP contribution < -0.4 is 5.56 Å². The first-order valence-electron chi connectivity index (χ1n) is 9.29. The Hall–Kier alpha value is -3.38. The molecule has 2 aromatic heterocycles. The number of carbonyl (C=O) groups is 1. The van der Waals surface area contributed by atoms with Crippen molar-refractivity contribution in [3.63, 3.8) is 0 Å². The van der Waals surface area contributed by atoms with Crippen molar-refractivity contribution in [3.05, 3.63) is 93.2 Å². The summed E-state index contributed by atoms with van der Waals surface area (Å²) >= 11 is 6.21. The summed E-state index contributed by atoms with van der Waals surface area (Å²) in [5, 5.41) is 10.7. The van der Waals surface area contributed by atoms with Crippen molar-refractivity contribution in [2.45, 2.75) is 20.0 Å². The standard InChI is InChI=1S/C23H18ClFN2O3/c1-14-23(19-10-17(24)6-7-20(19)27(14)13-22(29)30)16-5-8-21(28)26(12-16)11-15-3-2-4-18(25)9-15/h2-10,12H,11,13H2,1H3,(H,29,30). The Morgan fingerprint density at radius 2 is 1.93 bits per heavy atom. The highest BCUT2D eigenvalue weighted by Crippen LogP contribution is 2.35. The number of aliphatic carboxylic acids is 1. The third-order valence-corrected chi connectivity index (χ3v) is 5.33. The van der Waals surface area contributed by atoms with E-state index in [2.05, 4.69) is 0 Å². The molecule has 152 valence electrons. The lowest BCUT2D eigenvalue weighted by Gasteiger charge is -2.10. The number of rotatable bonds is 5. The van der Waals surface area contributed by atoms with Crippen LogP contribution in [0.3, 0.4) is 0 Å². The second-order valence-corrected chi connectivity index (χ2v) is 7.55. The largest absolute Gasteiger partial charge is 0.480 e. The van der Waals surface area contributed by atoms with Gasteiger partial charge in [-0.3, -0.25) is 9.59 Å². The second-order valence-electron chi connectivity index (χ2n) is 7.12. The number of fused-ring (bicyclic) bond motifs is 1. The molecule has 1 N–H and O–H groups in total. The molecule has 7 heteroatoms. The Bertz CT molecular complexity index is 1340. The summed E-state index contributed by atoms with van der Waals surface area (Å²) in [5.41, 5.74) is 3.51. The Morgan fingerprint density at radius 3 is 2.67 bits per heavy atom. The number of carboxylic acids is 1. The molecule has 0 spiro atoms. The number of benzene rings is 2. The van der Waals surface area contributed by atoms with Gasteiger partial charge in [0, 0.05) is 45.0 Å². The summed E-state index contributed by atoms with van der Waals surface area (Å²) < 4.78 is 16.8. The van der Waals surface area contributed by atoms with Crippen LogP contribution in [0.1, 0.15) is 11.3 Å². The third kappa shape index (κ3) is 3.74. The molecule has 0 saturated carbocycles. The van der Waals surface area contributed by atoms with Gasteiger partial charge < -0.3 is 14.2 Å². The number of carboxylic acid groups (broad SMARTS) is 1. The van der Waals surface area contributed by atoms with Crippen molar-refractivity contribution < 1.29 is 14.3 Å². The van der Waals surface area contributed by atoms with Gasteiger partial charge in [0.05, 0.1) is 6.54 Å². The number of hydrogen-bond donors (Lipinski definition) is 1. The zero-order chi connectivity index (χ0) is 21.4. The highest BCUT2D eigenvalue weighted by atomic mass is 35.5. The van der Waals surface area contributed by atoms with Gasteiger partial charge >= 0.3 is 5.97 Å². The number of nitrogens with zero attached hydrogens (tertiary/aromatic N) is 2. The van der Waals surface area contributed by atoms with E-state index in [1.54, 1.807) is 47.2 Å². The van der Waals surface area contributed by atoms with Crippen molar-refractivity contribution in [1.82, 2.24) is 9.13 Å². The minimum atomic E-state index is -0.951. The molecule has 0 aliphatic carbocycles. The molecule has 0 saturated heterocycles. The van der Waals surface area contributed by atoms with E-state index in [1.165, 1.54) is 22.8 Å². The molecular weight excluding hydrogens is 407 g/mol. The zero-order valence-corrected chi connectivity index (χ0v) is 16.9. The number of pyridine rings is 1. The van der Waals surface area contributed by atoms with Crippen molar-refractivity contribution >= 4 is 28.5 Å². The molecule has 0 aliphatic heterocycles. The van der Waals surface area contributed by atoms with E-state index in [4.69, 9.17) is 11.6 Å². The highest BCUT2D eigenvalue weighted by Gasteiger charge is 2.18. The lowest BCUT2D eigenvalue weighted by molar-refractivity contribution is -0.137. The average molecular weight is 425 g/mol. The van der Waals surface area contributed by atoms with Crippen LogP contribution in [0.5, 0.6) is 0 Å². The van der Waals surface area contributed by atoms with Crippen LogP contribution in [0.15, 0.2) is 65.6 Å². The lowest BCUT2D eigenvalue weighted by atomic mass is 10.0. The molecule has 0 atom stereocenters. The second kappa shape index (κ2) is 7.80. The molecule has 0 fully saturated rings.